The number of thiophene rings is 1. The van der Waals surface area contributed by atoms with Gasteiger partial charge in [0.2, 0.25) is 0 Å². The van der Waals surface area contributed by atoms with Crippen LogP contribution in [0.3, 0.4) is 0 Å². The third-order valence-electron chi connectivity index (χ3n) is 4.03. The number of hydrogen-bond donors (Lipinski definition) is 2. The highest BCUT2D eigenvalue weighted by Crippen LogP contribution is 2.20. The van der Waals surface area contributed by atoms with Gasteiger partial charge in [-0.1, -0.05) is 18.2 Å². The minimum Gasteiger partial charge on any atom is -0.465 e. The van der Waals surface area contributed by atoms with Crippen LogP contribution >= 0.6 is 11.3 Å². The number of carbonyl (C=O) groups excluding carboxylic acids is 3. The van der Waals surface area contributed by atoms with Crippen molar-refractivity contribution in [1.29, 1.82) is 0 Å². The zero-order valence-electron chi connectivity index (χ0n) is 15.3. The molecule has 2 amide bonds. The molecule has 0 aliphatic rings. The van der Waals surface area contributed by atoms with Gasteiger partial charge < -0.3 is 15.4 Å². The van der Waals surface area contributed by atoms with Gasteiger partial charge in [0.1, 0.15) is 0 Å². The molecule has 6 nitrogen and oxygen atoms in total. The second kappa shape index (κ2) is 8.49. The number of benzene rings is 2. The zero-order valence-corrected chi connectivity index (χ0v) is 16.1. The summed E-state index contributed by atoms with van der Waals surface area (Å²) in [7, 11) is 1.30. The molecule has 0 atom stereocenters. The summed E-state index contributed by atoms with van der Waals surface area (Å²) in [6, 6.07) is 15.1. The van der Waals surface area contributed by atoms with E-state index >= 15 is 0 Å². The molecule has 3 rings (SSSR count). The molecule has 1 aromatic heterocycles. The van der Waals surface area contributed by atoms with Gasteiger partial charge in [0.15, 0.2) is 0 Å². The lowest BCUT2D eigenvalue weighted by Gasteiger charge is -2.11. The van der Waals surface area contributed by atoms with Gasteiger partial charge in [-0.3, -0.25) is 9.59 Å². The molecule has 0 spiro atoms. The van der Waals surface area contributed by atoms with Crippen molar-refractivity contribution < 1.29 is 19.1 Å². The third-order valence-corrected chi connectivity index (χ3v) is 4.90. The predicted molar refractivity (Wildman–Crippen MR) is 109 cm³/mol. The highest BCUT2D eigenvalue weighted by molar-refractivity contribution is 7.12. The minimum absolute atomic E-state index is 0.228. The maximum Gasteiger partial charge on any atom is 0.337 e. The summed E-state index contributed by atoms with van der Waals surface area (Å²) in [6.07, 6.45) is 0. The number of esters is 1. The van der Waals surface area contributed by atoms with E-state index in [1.54, 1.807) is 54.6 Å². The van der Waals surface area contributed by atoms with Crippen molar-refractivity contribution >= 4 is 40.5 Å². The molecule has 0 saturated carbocycles. The van der Waals surface area contributed by atoms with Crippen LogP contribution in [0.15, 0.2) is 60.0 Å². The van der Waals surface area contributed by atoms with E-state index in [1.165, 1.54) is 18.4 Å². The molecule has 0 unspecified atom stereocenters. The van der Waals surface area contributed by atoms with Crippen LogP contribution < -0.4 is 10.6 Å². The first-order chi connectivity index (χ1) is 13.5. The molecule has 28 heavy (non-hydrogen) atoms. The fourth-order valence-corrected chi connectivity index (χ4v) is 3.15. The Bertz CT molecular complexity index is 1030. The molecule has 0 bridgehead atoms. The van der Waals surface area contributed by atoms with Crippen molar-refractivity contribution in [2.75, 3.05) is 17.7 Å². The second-order valence-corrected chi connectivity index (χ2v) is 6.94. The van der Waals surface area contributed by atoms with Gasteiger partial charge in [-0.25, -0.2) is 4.79 Å². The second-order valence-electron chi connectivity index (χ2n) is 5.99. The summed E-state index contributed by atoms with van der Waals surface area (Å²) in [5.41, 5.74) is 2.57. The fourth-order valence-electron chi connectivity index (χ4n) is 2.53. The summed E-state index contributed by atoms with van der Waals surface area (Å²) in [6.45, 7) is 1.83. The summed E-state index contributed by atoms with van der Waals surface area (Å²) < 4.78 is 4.71. The van der Waals surface area contributed by atoms with Crippen LogP contribution in [0, 0.1) is 6.92 Å². The number of nitrogens with one attached hydrogen (secondary N) is 2. The molecule has 7 heteroatoms. The number of hydrogen-bond acceptors (Lipinski definition) is 5. The fraction of sp³-hybridized carbons (Fsp3) is 0.0952. The van der Waals surface area contributed by atoms with Crippen molar-refractivity contribution in [3.8, 4) is 0 Å². The summed E-state index contributed by atoms with van der Waals surface area (Å²) >= 11 is 1.34. The van der Waals surface area contributed by atoms with Gasteiger partial charge in [-0.15, -0.1) is 11.3 Å². The largest absolute Gasteiger partial charge is 0.465 e. The minimum atomic E-state index is -0.478. The van der Waals surface area contributed by atoms with E-state index in [0.29, 0.717) is 27.4 Å². The highest BCUT2D eigenvalue weighted by Gasteiger charge is 2.13. The summed E-state index contributed by atoms with van der Waals surface area (Å²) in [4.78, 5) is 37.1. The van der Waals surface area contributed by atoms with Gasteiger partial charge in [0.25, 0.3) is 11.8 Å². The van der Waals surface area contributed by atoms with Crippen molar-refractivity contribution in [3.63, 3.8) is 0 Å². The van der Waals surface area contributed by atoms with Crippen LogP contribution in [0.1, 0.15) is 36.0 Å². The van der Waals surface area contributed by atoms with E-state index in [-0.39, 0.29) is 11.8 Å². The monoisotopic (exact) mass is 394 g/mol. The molecule has 0 aliphatic heterocycles. The first-order valence-corrected chi connectivity index (χ1v) is 9.31. The Morgan fingerprint density at radius 2 is 1.71 bits per heavy atom. The average molecular weight is 394 g/mol. The standard InChI is InChI=1S/C21H18N2O4S/c1-13-8-9-15(21(26)27-2)12-17(13)23-19(24)14-5-3-6-16(11-14)22-20(25)18-7-4-10-28-18/h3-12H,1-2H3,(H,22,25)(H,23,24). The van der Waals surface area contributed by atoms with E-state index in [1.807, 2.05) is 12.3 Å². The van der Waals surface area contributed by atoms with Crippen LogP contribution in [0.2, 0.25) is 0 Å². The number of methoxy groups -OCH3 is 1. The van der Waals surface area contributed by atoms with Gasteiger partial charge in [-0.05, 0) is 54.3 Å². The summed E-state index contributed by atoms with van der Waals surface area (Å²) in [5, 5.41) is 7.40. The van der Waals surface area contributed by atoms with E-state index in [4.69, 9.17) is 4.74 Å². The van der Waals surface area contributed by atoms with E-state index < -0.39 is 5.97 Å². The lowest BCUT2D eigenvalue weighted by molar-refractivity contribution is 0.0600. The molecule has 0 radical (unpaired) electrons. The average Bonchev–Trinajstić information content (AvgIpc) is 3.24. The lowest BCUT2D eigenvalue weighted by Crippen LogP contribution is -2.15. The van der Waals surface area contributed by atoms with Crippen molar-refractivity contribution in [1.82, 2.24) is 0 Å². The molecule has 142 valence electrons. The molecular formula is C21H18N2O4S. The van der Waals surface area contributed by atoms with Gasteiger partial charge in [0, 0.05) is 16.9 Å². The normalized spacial score (nSPS) is 10.2. The summed E-state index contributed by atoms with van der Waals surface area (Å²) in [5.74, 6) is -1.06. The Kier molecular flexibility index (Phi) is 5.86. The van der Waals surface area contributed by atoms with Crippen LogP contribution in [0.5, 0.6) is 0 Å². The maximum atomic E-state index is 12.6. The van der Waals surface area contributed by atoms with Gasteiger partial charge in [0.05, 0.1) is 17.6 Å². The zero-order chi connectivity index (χ0) is 20.1. The number of ether oxygens (including phenoxy) is 1. The number of rotatable bonds is 5. The molecule has 2 aromatic carbocycles. The number of aryl methyl sites for hydroxylation is 1. The number of amides is 2. The topological polar surface area (TPSA) is 84.5 Å². The Labute approximate surface area is 166 Å². The van der Waals surface area contributed by atoms with Crippen molar-refractivity contribution in [2.45, 2.75) is 6.92 Å². The van der Waals surface area contributed by atoms with Crippen molar-refractivity contribution in [2.24, 2.45) is 0 Å². The Hall–Kier alpha value is -3.45. The predicted octanol–water partition coefficient (Wildman–Crippen LogP) is 4.35. The van der Waals surface area contributed by atoms with Crippen LogP contribution in [-0.2, 0) is 4.74 Å². The van der Waals surface area contributed by atoms with E-state index in [2.05, 4.69) is 10.6 Å². The Morgan fingerprint density at radius 1 is 0.893 bits per heavy atom. The van der Waals surface area contributed by atoms with E-state index in [9.17, 15) is 14.4 Å². The SMILES string of the molecule is COC(=O)c1ccc(C)c(NC(=O)c2cccc(NC(=O)c3cccs3)c2)c1. The van der Waals surface area contributed by atoms with Crippen LogP contribution in [0.25, 0.3) is 0 Å². The van der Waals surface area contributed by atoms with Crippen LogP contribution in [-0.4, -0.2) is 24.9 Å². The molecule has 0 aliphatic carbocycles. The molecule has 3 aromatic rings. The Morgan fingerprint density at radius 3 is 2.43 bits per heavy atom. The number of anilines is 2. The molecular weight excluding hydrogens is 376 g/mol. The quantitative estimate of drug-likeness (QED) is 0.630. The maximum absolute atomic E-state index is 12.6. The molecule has 2 N–H and O–H groups in total. The van der Waals surface area contributed by atoms with Gasteiger partial charge >= 0.3 is 5.97 Å². The lowest BCUT2D eigenvalue weighted by atomic mass is 10.1. The third kappa shape index (κ3) is 4.44. The first-order valence-electron chi connectivity index (χ1n) is 8.43. The van der Waals surface area contributed by atoms with Gasteiger partial charge in [-0.2, -0.15) is 0 Å². The molecule has 1 heterocycles. The smallest absolute Gasteiger partial charge is 0.337 e. The highest BCUT2D eigenvalue weighted by atomic mass is 32.1. The Balaban J connectivity index is 1.76. The first kappa shape index (κ1) is 19.3. The van der Waals surface area contributed by atoms with E-state index in [0.717, 1.165) is 5.56 Å². The van der Waals surface area contributed by atoms with Crippen LogP contribution in [0.4, 0.5) is 11.4 Å². The van der Waals surface area contributed by atoms with Crippen molar-refractivity contribution in [3.05, 3.63) is 81.5 Å². The number of carbonyl (C=O) groups is 3. The molecule has 0 saturated heterocycles. The molecule has 0 fully saturated rings.